The molecule has 34 heavy (non-hydrogen) atoms. The fourth-order valence-electron chi connectivity index (χ4n) is 3.85. The number of hydrogen-bond donors (Lipinski definition) is 1. The smallest absolute Gasteiger partial charge is 0.277 e. The number of fused-ring (bicyclic) bond motifs is 1. The van der Waals surface area contributed by atoms with Crippen molar-refractivity contribution < 1.29 is 30.1 Å². The first kappa shape index (κ1) is 14.2. The van der Waals surface area contributed by atoms with Crippen molar-refractivity contribution in [1.29, 1.82) is 0 Å². The number of methoxy groups -OCH3 is 1. The van der Waals surface area contributed by atoms with Crippen molar-refractivity contribution >= 4 is 29.1 Å². The Hall–Kier alpha value is -4.14. The number of rotatable bonds is 5. The summed E-state index contributed by atoms with van der Waals surface area (Å²) in [7, 11) is 1.46. The van der Waals surface area contributed by atoms with Crippen LogP contribution in [0.15, 0.2) is 48.4 Å². The Morgan fingerprint density at radius 3 is 2.38 bits per heavy atom. The third kappa shape index (κ3) is 3.68. The third-order valence-electron chi connectivity index (χ3n) is 5.53. The number of hydrogen-bond acceptors (Lipinski definition) is 5. The molecule has 9 heteroatoms. The predicted molar refractivity (Wildman–Crippen MR) is 127 cm³/mol. The maximum Gasteiger partial charge on any atom is 0.277 e. The van der Waals surface area contributed by atoms with Crippen LogP contribution in [0.25, 0.3) is 5.69 Å². The van der Waals surface area contributed by atoms with Crippen LogP contribution in [0.3, 0.4) is 0 Å². The lowest BCUT2D eigenvalue weighted by Gasteiger charge is -2.29. The normalized spacial score (nSPS) is 22.3. The molecule has 0 radical (unpaired) electrons. The molecule has 2 aromatic carbocycles. The first-order valence-electron chi connectivity index (χ1n) is 14.5. The largest absolute Gasteiger partial charge is 0.497 e. The van der Waals surface area contributed by atoms with Crippen LogP contribution in [0.4, 0.5) is 11.4 Å². The summed E-state index contributed by atoms with van der Waals surface area (Å²) in [5.41, 5.74) is 3.96. The zero-order chi connectivity index (χ0) is 30.9. The molecule has 1 saturated heterocycles. The van der Waals surface area contributed by atoms with E-state index < -0.39 is 72.6 Å². The van der Waals surface area contributed by atoms with Crippen molar-refractivity contribution in [2.45, 2.75) is 25.6 Å². The Balaban J connectivity index is 1.70. The minimum absolute atomic E-state index is 0.0436. The monoisotopic (exact) mass is 467 g/mol. The molecule has 0 aliphatic carbocycles. The number of amides is 3. The van der Waals surface area contributed by atoms with E-state index in [2.05, 4.69) is 5.10 Å². The van der Waals surface area contributed by atoms with Gasteiger partial charge in [-0.15, -0.1) is 0 Å². The van der Waals surface area contributed by atoms with E-state index in [1.807, 2.05) is 0 Å². The van der Waals surface area contributed by atoms with Crippen molar-refractivity contribution in [3.05, 3.63) is 65.4 Å². The van der Waals surface area contributed by atoms with Gasteiger partial charge in [0.1, 0.15) is 11.4 Å². The molecule has 0 atom stereocenters. The highest BCUT2D eigenvalue weighted by molar-refractivity contribution is 6.09. The van der Waals surface area contributed by atoms with Gasteiger partial charge in [0.25, 0.3) is 11.8 Å². The molecule has 2 aliphatic rings. The van der Waals surface area contributed by atoms with Gasteiger partial charge in [-0.3, -0.25) is 14.4 Å². The fourth-order valence-corrected chi connectivity index (χ4v) is 3.85. The van der Waals surface area contributed by atoms with E-state index in [1.165, 1.54) is 19.2 Å². The second kappa shape index (κ2) is 8.66. The van der Waals surface area contributed by atoms with Crippen molar-refractivity contribution in [3.8, 4) is 11.4 Å². The number of benzene rings is 2. The summed E-state index contributed by atoms with van der Waals surface area (Å²) in [6.45, 7) is -2.70. The summed E-state index contributed by atoms with van der Waals surface area (Å²) >= 11 is 0. The van der Waals surface area contributed by atoms with Crippen LogP contribution < -0.4 is 20.3 Å². The van der Waals surface area contributed by atoms with Gasteiger partial charge in [0.15, 0.2) is 5.69 Å². The average molecular weight is 468 g/mol. The third-order valence-corrected chi connectivity index (χ3v) is 5.53. The summed E-state index contributed by atoms with van der Waals surface area (Å²) in [6.07, 6.45) is -2.74. The van der Waals surface area contributed by atoms with Crippen molar-refractivity contribution in [3.63, 3.8) is 0 Å². The SMILES string of the molecule is [2H]c1c([2H])c(N2C(=O)c3c(c(C(N)=O)nn3-c3ccc(OC)cc3)CC2([2H])[2H])c([2H])c([2H])c1N1CCCC([2H])([2H])C1=O. The molecule has 9 nitrogen and oxygen atoms in total. The highest BCUT2D eigenvalue weighted by Gasteiger charge is 2.34. The van der Waals surface area contributed by atoms with Crippen molar-refractivity contribution in [1.82, 2.24) is 9.78 Å². The molecule has 3 aromatic rings. The zero-order valence-electron chi connectivity index (χ0n) is 26.1. The quantitative estimate of drug-likeness (QED) is 0.620. The van der Waals surface area contributed by atoms with E-state index in [-0.39, 0.29) is 36.3 Å². The van der Waals surface area contributed by atoms with Crippen LogP contribution in [-0.4, -0.2) is 47.7 Å². The summed E-state index contributed by atoms with van der Waals surface area (Å²) in [4.78, 5) is 40.5. The van der Waals surface area contributed by atoms with E-state index in [0.29, 0.717) is 16.3 Å². The Bertz CT molecular complexity index is 1630. The summed E-state index contributed by atoms with van der Waals surface area (Å²) in [5.74, 6) is -2.63. The van der Waals surface area contributed by atoms with E-state index in [1.54, 1.807) is 12.1 Å². The standard InChI is InChI=1S/C25H25N5O4/c1-34-19-11-9-18(10-12-19)30-23-20(22(27-30)24(26)32)13-15-29(25(23)33)17-7-5-16(6-8-17)28-14-3-2-4-21(28)31/h5-12H,2-4,13-15H2,1H3,(H2,26,32)/i4D2,5D,6D,7D,8D,15D2. The topological polar surface area (TPSA) is 111 Å². The van der Waals surface area contributed by atoms with Crippen LogP contribution in [0, 0.1) is 0 Å². The number of primary amides is 1. The minimum Gasteiger partial charge on any atom is -0.497 e. The van der Waals surface area contributed by atoms with Gasteiger partial charge in [0.05, 0.1) is 21.0 Å². The molecule has 0 unspecified atom stereocenters. The van der Waals surface area contributed by atoms with Gasteiger partial charge < -0.3 is 20.3 Å². The van der Waals surface area contributed by atoms with Crippen LogP contribution in [0.1, 0.15) is 56.7 Å². The van der Waals surface area contributed by atoms with Crippen LogP contribution >= 0.6 is 0 Å². The second-order valence-electron chi connectivity index (χ2n) is 7.56. The molecule has 174 valence electrons. The first-order valence-corrected chi connectivity index (χ1v) is 10.5. The Labute approximate surface area is 207 Å². The molecular weight excluding hydrogens is 434 g/mol. The lowest BCUT2D eigenvalue weighted by Crippen LogP contribution is -2.39. The molecule has 0 spiro atoms. The predicted octanol–water partition coefficient (Wildman–Crippen LogP) is 2.70. The zero-order valence-corrected chi connectivity index (χ0v) is 18.1. The van der Waals surface area contributed by atoms with E-state index in [4.69, 9.17) is 21.4 Å². The molecule has 0 saturated carbocycles. The number of carbonyl (C=O) groups excluding carboxylic acids is 3. The van der Waals surface area contributed by atoms with Crippen molar-refractivity contribution in [2.24, 2.45) is 5.73 Å². The Kier molecular flexibility index (Phi) is 3.62. The van der Waals surface area contributed by atoms with Gasteiger partial charge in [-0.2, -0.15) is 5.10 Å². The Morgan fingerprint density at radius 1 is 1.06 bits per heavy atom. The fraction of sp³-hybridized carbons (Fsp3) is 0.280. The highest BCUT2D eigenvalue weighted by atomic mass is 16.5. The maximum absolute atomic E-state index is 14.1. The second-order valence-corrected chi connectivity index (χ2v) is 7.56. The van der Waals surface area contributed by atoms with Gasteiger partial charge >= 0.3 is 0 Å². The lowest BCUT2D eigenvalue weighted by atomic mass is 10.0. The molecule has 2 aliphatic heterocycles. The van der Waals surface area contributed by atoms with E-state index >= 15 is 0 Å². The molecule has 5 rings (SSSR count). The van der Waals surface area contributed by atoms with Crippen molar-refractivity contribution in [2.75, 3.05) is 30.0 Å². The number of anilines is 2. The van der Waals surface area contributed by atoms with Gasteiger partial charge in [0, 0.05) is 39.1 Å². The number of nitrogens with zero attached hydrogens (tertiary/aromatic N) is 4. The summed E-state index contributed by atoms with van der Waals surface area (Å²) in [6, 6.07) is 3.12. The number of ether oxygens (including phenoxy) is 1. The van der Waals surface area contributed by atoms with Crippen LogP contribution in [0.2, 0.25) is 0 Å². The molecule has 3 amide bonds. The summed E-state index contributed by atoms with van der Waals surface area (Å²) < 4.78 is 74.2. The van der Waals surface area contributed by atoms with E-state index in [9.17, 15) is 14.4 Å². The maximum atomic E-state index is 14.1. The van der Waals surface area contributed by atoms with Crippen LogP contribution in [-0.2, 0) is 11.2 Å². The molecule has 2 N–H and O–H groups in total. The molecule has 0 bridgehead atoms. The molecular formula is C25H25N5O4. The lowest BCUT2D eigenvalue weighted by molar-refractivity contribution is -0.119. The van der Waals surface area contributed by atoms with Gasteiger partial charge in [-0.05, 0) is 67.7 Å². The number of aromatic nitrogens is 2. The number of carbonyl (C=O) groups is 3. The minimum atomic E-state index is -2.66. The number of nitrogens with two attached hydrogens (primary N) is 1. The average Bonchev–Trinajstić information content (AvgIpc) is 3.30. The molecule has 1 aromatic heterocycles. The number of piperidine rings is 1. The van der Waals surface area contributed by atoms with Gasteiger partial charge in [-0.1, -0.05) is 0 Å². The highest BCUT2D eigenvalue weighted by Crippen LogP contribution is 2.31. The molecule has 1 fully saturated rings. The van der Waals surface area contributed by atoms with Gasteiger partial charge in [-0.25, -0.2) is 4.68 Å². The first-order chi connectivity index (χ1) is 19.6. The summed E-state index contributed by atoms with van der Waals surface area (Å²) in [5, 5.41) is 4.18. The van der Waals surface area contributed by atoms with Crippen LogP contribution in [0.5, 0.6) is 5.75 Å². The Morgan fingerprint density at radius 2 is 1.74 bits per heavy atom. The molecule has 3 heterocycles. The van der Waals surface area contributed by atoms with E-state index in [0.717, 1.165) is 9.58 Å². The van der Waals surface area contributed by atoms with Gasteiger partial charge in [0.2, 0.25) is 5.91 Å².